The Kier molecular flexibility index (Phi) is 11.1. The quantitative estimate of drug-likeness (QED) is 0.516. The van der Waals surface area contributed by atoms with Gasteiger partial charge in [0.15, 0.2) is 0 Å². The average Bonchev–Trinajstić information content (AvgIpc) is 2.74. The van der Waals surface area contributed by atoms with Crippen molar-refractivity contribution < 1.29 is 9.53 Å². The second-order valence-corrected chi connectivity index (χ2v) is 8.81. The second-order valence-electron chi connectivity index (χ2n) is 8.81. The molecule has 0 saturated heterocycles. The number of amides is 2. The molecule has 2 aromatic carbocycles. The molecule has 31 heavy (non-hydrogen) atoms. The van der Waals surface area contributed by atoms with Crippen LogP contribution in [0.1, 0.15) is 31.4 Å². The van der Waals surface area contributed by atoms with E-state index in [9.17, 15) is 4.79 Å². The standard InChI is InChI=1S/C26H39N3O2/c1-22(2)15-16-29(18-17-28(3)4)26(30)27-25(19-23-11-7-5-8-12-23)21-31-20-24-13-9-6-10-14-24/h5-14,22,25H,15-21H2,1-4H3,(H,27,30)/t25-/m0/s1. The summed E-state index contributed by atoms with van der Waals surface area (Å²) in [5.74, 6) is 0.559. The molecule has 0 radical (unpaired) electrons. The van der Waals surface area contributed by atoms with E-state index in [0.717, 1.165) is 31.5 Å². The largest absolute Gasteiger partial charge is 0.375 e. The van der Waals surface area contributed by atoms with Crippen LogP contribution in [0.4, 0.5) is 4.79 Å². The lowest BCUT2D eigenvalue weighted by Crippen LogP contribution is -2.49. The molecule has 0 saturated carbocycles. The first-order valence-electron chi connectivity index (χ1n) is 11.3. The predicted molar refractivity (Wildman–Crippen MR) is 128 cm³/mol. The third kappa shape index (κ3) is 10.5. The van der Waals surface area contributed by atoms with Crippen molar-refractivity contribution in [2.45, 2.75) is 39.3 Å². The van der Waals surface area contributed by atoms with Gasteiger partial charge in [0.25, 0.3) is 0 Å². The van der Waals surface area contributed by atoms with Crippen molar-refractivity contribution in [2.75, 3.05) is 40.3 Å². The molecule has 0 unspecified atom stereocenters. The first kappa shape index (κ1) is 24.9. The number of hydrogen-bond donors (Lipinski definition) is 1. The number of rotatable bonds is 13. The highest BCUT2D eigenvalue weighted by molar-refractivity contribution is 5.74. The minimum Gasteiger partial charge on any atom is -0.375 e. The summed E-state index contributed by atoms with van der Waals surface area (Å²) in [4.78, 5) is 17.2. The van der Waals surface area contributed by atoms with Gasteiger partial charge in [0.2, 0.25) is 0 Å². The van der Waals surface area contributed by atoms with Crippen molar-refractivity contribution in [3.63, 3.8) is 0 Å². The third-order valence-electron chi connectivity index (χ3n) is 5.16. The van der Waals surface area contributed by atoms with Gasteiger partial charge in [-0.15, -0.1) is 0 Å². The number of hydrogen-bond acceptors (Lipinski definition) is 3. The molecule has 170 valence electrons. The molecule has 5 nitrogen and oxygen atoms in total. The molecule has 2 aromatic rings. The maximum atomic E-state index is 13.1. The van der Waals surface area contributed by atoms with Gasteiger partial charge in [-0.3, -0.25) is 0 Å². The summed E-state index contributed by atoms with van der Waals surface area (Å²) in [6.07, 6.45) is 1.74. The fourth-order valence-electron chi connectivity index (χ4n) is 3.26. The summed E-state index contributed by atoms with van der Waals surface area (Å²) >= 11 is 0. The van der Waals surface area contributed by atoms with Crippen LogP contribution in [0.5, 0.6) is 0 Å². The van der Waals surface area contributed by atoms with Crippen LogP contribution in [0.25, 0.3) is 0 Å². The van der Waals surface area contributed by atoms with Crippen molar-refractivity contribution in [2.24, 2.45) is 5.92 Å². The Balaban J connectivity index is 2.00. The van der Waals surface area contributed by atoms with Crippen molar-refractivity contribution in [1.29, 1.82) is 0 Å². The molecule has 5 heteroatoms. The van der Waals surface area contributed by atoms with E-state index >= 15 is 0 Å². The summed E-state index contributed by atoms with van der Waals surface area (Å²) < 4.78 is 5.99. The van der Waals surface area contributed by atoms with Gasteiger partial charge in [0.05, 0.1) is 19.3 Å². The van der Waals surface area contributed by atoms with E-state index in [1.54, 1.807) is 0 Å². The number of nitrogens with zero attached hydrogens (tertiary/aromatic N) is 2. The van der Waals surface area contributed by atoms with Crippen LogP contribution in [-0.4, -0.2) is 62.2 Å². The summed E-state index contributed by atoms with van der Waals surface area (Å²) in [5, 5.41) is 3.24. The molecule has 1 atom stereocenters. The van der Waals surface area contributed by atoms with Crippen LogP contribution in [-0.2, 0) is 17.8 Å². The molecule has 2 amide bonds. The molecule has 0 heterocycles. The highest BCUT2D eigenvalue weighted by Crippen LogP contribution is 2.08. The van der Waals surface area contributed by atoms with Crippen LogP contribution in [0.15, 0.2) is 60.7 Å². The molecular formula is C26H39N3O2. The number of nitrogens with one attached hydrogen (secondary N) is 1. The number of carbonyl (C=O) groups is 1. The average molecular weight is 426 g/mol. The Morgan fingerprint density at radius 3 is 2.10 bits per heavy atom. The van der Waals surface area contributed by atoms with E-state index in [-0.39, 0.29) is 12.1 Å². The Bertz CT molecular complexity index is 723. The number of ether oxygens (including phenoxy) is 1. The van der Waals surface area contributed by atoms with Crippen molar-refractivity contribution >= 4 is 6.03 Å². The van der Waals surface area contributed by atoms with Crippen LogP contribution >= 0.6 is 0 Å². The maximum Gasteiger partial charge on any atom is 0.317 e. The molecular weight excluding hydrogens is 386 g/mol. The molecule has 0 aliphatic rings. The number of carbonyl (C=O) groups excluding carboxylic acids is 1. The predicted octanol–water partition coefficient (Wildman–Crippen LogP) is 4.43. The molecule has 0 fully saturated rings. The van der Waals surface area contributed by atoms with Gasteiger partial charge in [-0.1, -0.05) is 74.5 Å². The highest BCUT2D eigenvalue weighted by atomic mass is 16.5. The molecule has 1 N–H and O–H groups in total. The van der Waals surface area contributed by atoms with Crippen LogP contribution < -0.4 is 5.32 Å². The van der Waals surface area contributed by atoms with Gasteiger partial charge in [0.1, 0.15) is 0 Å². The molecule has 2 rings (SSSR count). The lowest BCUT2D eigenvalue weighted by Gasteiger charge is -2.28. The maximum absolute atomic E-state index is 13.1. The van der Waals surface area contributed by atoms with Crippen LogP contribution in [0.2, 0.25) is 0 Å². The summed E-state index contributed by atoms with van der Waals surface area (Å²) in [5.41, 5.74) is 2.33. The van der Waals surface area contributed by atoms with E-state index in [0.29, 0.717) is 25.7 Å². The minimum absolute atomic E-state index is 0.00765. The van der Waals surface area contributed by atoms with E-state index in [1.807, 2.05) is 55.4 Å². The van der Waals surface area contributed by atoms with Gasteiger partial charge in [-0.2, -0.15) is 0 Å². The highest BCUT2D eigenvalue weighted by Gasteiger charge is 2.19. The molecule has 0 aromatic heterocycles. The van der Waals surface area contributed by atoms with Gasteiger partial charge in [-0.05, 0) is 44.0 Å². The zero-order valence-electron chi connectivity index (χ0n) is 19.6. The Morgan fingerprint density at radius 1 is 0.903 bits per heavy atom. The van der Waals surface area contributed by atoms with Gasteiger partial charge < -0.3 is 19.9 Å². The SMILES string of the molecule is CC(C)CCN(CCN(C)C)C(=O)N[C@H](COCc1ccccc1)Cc1ccccc1. The van der Waals surface area contributed by atoms with Crippen molar-refractivity contribution in [3.8, 4) is 0 Å². The van der Waals surface area contributed by atoms with E-state index < -0.39 is 0 Å². The lowest BCUT2D eigenvalue weighted by molar-refractivity contribution is 0.0970. The Hall–Kier alpha value is -2.37. The fourth-order valence-corrected chi connectivity index (χ4v) is 3.26. The lowest BCUT2D eigenvalue weighted by atomic mass is 10.1. The van der Waals surface area contributed by atoms with E-state index in [4.69, 9.17) is 4.74 Å². The van der Waals surface area contributed by atoms with Gasteiger partial charge in [-0.25, -0.2) is 4.79 Å². The fraction of sp³-hybridized carbons (Fsp3) is 0.500. The normalized spacial score (nSPS) is 12.2. The van der Waals surface area contributed by atoms with E-state index in [2.05, 4.69) is 48.3 Å². The van der Waals surface area contributed by atoms with Crippen LogP contribution in [0, 0.1) is 5.92 Å². The minimum atomic E-state index is -0.0838. The third-order valence-corrected chi connectivity index (χ3v) is 5.16. The van der Waals surface area contributed by atoms with E-state index in [1.165, 1.54) is 5.56 Å². The zero-order valence-corrected chi connectivity index (χ0v) is 19.6. The molecule has 0 aliphatic heterocycles. The summed E-state index contributed by atoms with van der Waals surface area (Å²) in [6.45, 7) is 7.73. The molecule has 0 spiro atoms. The number of urea groups is 1. The Morgan fingerprint density at radius 2 is 1.52 bits per heavy atom. The molecule has 0 bridgehead atoms. The van der Waals surface area contributed by atoms with Crippen LogP contribution in [0.3, 0.4) is 0 Å². The summed E-state index contributed by atoms with van der Waals surface area (Å²) in [6, 6.07) is 20.3. The molecule has 0 aliphatic carbocycles. The second kappa shape index (κ2) is 13.8. The zero-order chi connectivity index (χ0) is 22.5. The number of likely N-dealkylation sites (N-methyl/N-ethyl adjacent to an activating group) is 1. The first-order valence-corrected chi connectivity index (χ1v) is 11.3. The van der Waals surface area contributed by atoms with Gasteiger partial charge >= 0.3 is 6.03 Å². The van der Waals surface area contributed by atoms with Gasteiger partial charge in [0, 0.05) is 19.6 Å². The topological polar surface area (TPSA) is 44.8 Å². The van der Waals surface area contributed by atoms with Crippen molar-refractivity contribution in [3.05, 3.63) is 71.8 Å². The van der Waals surface area contributed by atoms with Crippen molar-refractivity contribution in [1.82, 2.24) is 15.1 Å². The number of benzene rings is 2. The smallest absolute Gasteiger partial charge is 0.317 e. The first-order chi connectivity index (χ1) is 14.9. The summed E-state index contributed by atoms with van der Waals surface area (Å²) in [7, 11) is 4.07. The monoisotopic (exact) mass is 425 g/mol. The Labute approximate surface area is 188 Å².